The summed E-state index contributed by atoms with van der Waals surface area (Å²) in [7, 11) is 1.32. The van der Waals surface area contributed by atoms with Gasteiger partial charge in [0.1, 0.15) is 24.5 Å². The van der Waals surface area contributed by atoms with Crippen molar-refractivity contribution in [2.45, 2.75) is 83.2 Å². The first kappa shape index (κ1) is 37.5. The van der Waals surface area contributed by atoms with Crippen molar-refractivity contribution in [3.8, 4) is 0 Å². The van der Waals surface area contributed by atoms with E-state index < -0.39 is 83.5 Å². The number of nitrogens with zero attached hydrogens (tertiary/aromatic N) is 2. The predicted molar refractivity (Wildman–Crippen MR) is 169 cm³/mol. The number of urea groups is 1. The van der Waals surface area contributed by atoms with Crippen LogP contribution in [-0.4, -0.2) is 113 Å². The lowest BCUT2D eigenvalue weighted by atomic mass is 9.86. The average molecular weight is 661 g/mol. The minimum absolute atomic E-state index is 0.117. The standard InChI is InChI=1S/C32H48N6O9/c1-18(2)27(41)26(36-25(40)17-47-4)31(45)38-23(11-8-13-34-38)29(43)35-22(15-20-9-6-5-7-10-20)28(42)19(3)24(39)16-21-12-14-37(30(21)44)32(33)46/h5-7,9-10,18-19,21-23,26-28,34,41-42H,8,11-17H2,1-4H3,(H2,33,46)(H,35,43)(H,36,40)/t19-,21-,22+,23+,26-,27-,28+/m1/s1. The van der Waals surface area contributed by atoms with Gasteiger partial charge in [0, 0.05) is 38.5 Å². The smallest absolute Gasteiger partial charge is 0.321 e. The van der Waals surface area contributed by atoms with Crippen molar-refractivity contribution in [2.75, 3.05) is 26.8 Å². The summed E-state index contributed by atoms with van der Waals surface area (Å²) in [6.45, 7) is 5.04. The molecule has 2 saturated heterocycles. The van der Waals surface area contributed by atoms with Crippen molar-refractivity contribution in [3.63, 3.8) is 0 Å². The lowest BCUT2D eigenvalue weighted by Crippen LogP contribution is -2.66. The number of aliphatic hydroxyl groups excluding tert-OH is 2. The van der Waals surface area contributed by atoms with E-state index in [1.54, 1.807) is 26.0 Å². The molecule has 0 aliphatic carbocycles. The Kier molecular flexibility index (Phi) is 13.8. The minimum Gasteiger partial charge on any atom is -0.390 e. The van der Waals surface area contributed by atoms with E-state index in [1.165, 1.54) is 14.0 Å². The number of carbonyl (C=O) groups excluding carboxylic acids is 6. The third-order valence-electron chi connectivity index (χ3n) is 8.76. The quantitative estimate of drug-likeness (QED) is 0.138. The zero-order valence-electron chi connectivity index (χ0n) is 27.4. The number of nitrogens with two attached hydrogens (primary N) is 1. The van der Waals surface area contributed by atoms with E-state index in [0.29, 0.717) is 13.0 Å². The van der Waals surface area contributed by atoms with Gasteiger partial charge in [-0.25, -0.2) is 10.2 Å². The van der Waals surface area contributed by atoms with E-state index >= 15 is 0 Å². The van der Waals surface area contributed by atoms with Crippen molar-refractivity contribution >= 4 is 35.4 Å². The van der Waals surface area contributed by atoms with Gasteiger partial charge in [-0.3, -0.25) is 33.9 Å². The summed E-state index contributed by atoms with van der Waals surface area (Å²) < 4.78 is 4.85. The van der Waals surface area contributed by atoms with Crippen LogP contribution in [-0.2, 0) is 35.1 Å². The van der Waals surface area contributed by atoms with Gasteiger partial charge < -0.3 is 31.3 Å². The number of aliphatic hydroxyl groups is 2. The number of hydrazine groups is 1. The Morgan fingerprint density at radius 3 is 2.32 bits per heavy atom. The molecular weight excluding hydrogens is 612 g/mol. The predicted octanol–water partition coefficient (Wildman–Crippen LogP) is -0.759. The van der Waals surface area contributed by atoms with Gasteiger partial charge in [0.05, 0.1) is 18.2 Å². The number of amides is 6. The molecule has 0 radical (unpaired) electrons. The number of likely N-dealkylation sites (tertiary alicyclic amines) is 1. The molecule has 1 aromatic rings. The van der Waals surface area contributed by atoms with Crippen LogP contribution in [0.4, 0.5) is 4.79 Å². The summed E-state index contributed by atoms with van der Waals surface area (Å²) in [6, 6.07) is 4.76. The second-order valence-electron chi connectivity index (χ2n) is 12.6. The SMILES string of the molecule is COCC(=O)N[C@@H](C(=O)N1NCCC[C@H]1C(=O)N[C@@H](Cc1ccccc1)[C@@H](O)[C@H](C)C(=O)C[C@H]1CCN(C(N)=O)C1=O)[C@H](O)C(C)C. The maximum absolute atomic E-state index is 13.9. The van der Waals surface area contributed by atoms with Crippen molar-refractivity contribution in [2.24, 2.45) is 23.5 Å². The number of hydrogen-bond donors (Lipinski definition) is 6. The zero-order valence-corrected chi connectivity index (χ0v) is 27.4. The van der Waals surface area contributed by atoms with E-state index in [2.05, 4.69) is 16.1 Å². The van der Waals surface area contributed by atoms with Crippen LogP contribution in [0, 0.1) is 17.8 Å². The molecule has 0 bridgehead atoms. The fourth-order valence-electron chi connectivity index (χ4n) is 5.91. The Balaban J connectivity index is 1.81. The summed E-state index contributed by atoms with van der Waals surface area (Å²) in [5.41, 5.74) is 8.95. The minimum atomic E-state index is -1.38. The number of ketones is 1. The van der Waals surface area contributed by atoms with Crippen LogP contribution < -0.4 is 21.8 Å². The maximum Gasteiger partial charge on any atom is 0.321 e. The van der Waals surface area contributed by atoms with Crippen LogP contribution in [0.15, 0.2) is 30.3 Å². The number of nitrogens with one attached hydrogen (secondary N) is 3. The molecule has 15 heteroatoms. The van der Waals surface area contributed by atoms with Crippen LogP contribution in [0.5, 0.6) is 0 Å². The highest BCUT2D eigenvalue weighted by Crippen LogP contribution is 2.25. The molecule has 47 heavy (non-hydrogen) atoms. The number of imide groups is 1. The molecule has 15 nitrogen and oxygen atoms in total. The third-order valence-corrected chi connectivity index (χ3v) is 8.76. The number of rotatable bonds is 15. The highest BCUT2D eigenvalue weighted by molar-refractivity contribution is 5.98. The molecule has 0 aromatic heterocycles. The largest absolute Gasteiger partial charge is 0.390 e. The number of primary amides is 1. The second-order valence-corrected chi connectivity index (χ2v) is 12.6. The molecule has 2 aliphatic rings. The van der Waals surface area contributed by atoms with Gasteiger partial charge in [-0.15, -0.1) is 0 Å². The highest BCUT2D eigenvalue weighted by Gasteiger charge is 2.42. The Labute approximate surface area is 274 Å². The highest BCUT2D eigenvalue weighted by atomic mass is 16.5. The number of carbonyl (C=O) groups is 6. The zero-order chi connectivity index (χ0) is 34.8. The Morgan fingerprint density at radius 1 is 1.04 bits per heavy atom. The molecule has 7 atom stereocenters. The molecule has 7 N–H and O–H groups in total. The van der Waals surface area contributed by atoms with Crippen molar-refractivity contribution < 1.29 is 43.7 Å². The van der Waals surface area contributed by atoms with Gasteiger partial charge >= 0.3 is 6.03 Å². The van der Waals surface area contributed by atoms with E-state index in [4.69, 9.17) is 10.5 Å². The number of benzene rings is 1. The van der Waals surface area contributed by atoms with Crippen molar-refractivity contribution in [1.82, 2.24) is 26.0 Å². The van der Waals surface area contributed by atoms with Gasteiger partial charge in [0.25, 0.3) is 5.91 Å². The van der Waals surface area contributed by atoms with E-state index in [9.17, 15) is 39.0 Å². The summed E-state index contributed by atoms with van der Waals surface area (Å²) >= 11 is 0. The monoisotopic (exact) mass is 660 g/mol. The fraction of sp³-hybridized carbons (Fsp3) is 0.625. The van der Waals surface area contributed by atoms with Crippen molar-refractivity contribution in [3.05, 3.63) is 35.9 Å². The lowest BCUT2D eigenvalue weighted by molar-refractivity contribution is -0.153. The van der Waals surface area contributed by atoms with Crippen LogP contribution >= 0.6 is 0 Å². The molecule has 1 aromatic carbocycles. The molecule has 0 saturated carbocycles. The molecule has 0 spiro atoms. The third kappa shape index (κ3) is 9.79. The molecule has 2 heterocycles. The topological polar surface area (TPSA) is 221 Å². The first-order chi connectivity index (χ1) is 22.3. The number of hydrogen-bond acceptors (Lipinski definition) is 10. The summed E-state index contributed by atoms with van der Waals surface area (Å²) in [5.74, 6) is -5.03. The first-order valence-electron chi connectivity index (χ1n) is 16.0. The molecule has 6 amide bonds. The number of methoxy groups -OCH3 is 1. The Hall–Kier alpha value is -3.92. The second kappa shape index (κ2) is 17.3. The average Bonchev–Trinajstić information content (AvgIpc) is 3.41. The lowest BCUT2D eigenvalue weighted by Gasteiger charge is -2.39. The molecule has 2 fully saturated rings. The molecule has 0 unspecified atom stereocenters. The van der Waals surface area contributed by atoms with Gasteiger partial charge in [0.2, 0.25) is 17.7 Å². The van der Waals surface area contributed by atoms with Gasteiger partial charge in [0.15, 0.2) is 0 Å². The summed E-state index contributed by atoms with van der Waals surface area (Å²) in [6.07, 6.45) is -1.62. The van der Waals surface area contributed by atoms with Gasteiger partial charge in [-0.1, -0.05) is 51.1 Å². The summed E-state index contributed by atoms with van der Waals surface area (Å²) in [4.78, 5) is 78.3. The van der Waals surface area contributed by atoms with Crippen LogP contribution in [0.25, 0.3) is 0 Å². The Bertz CT molecular complexity index is 1280. The Morgan fingerprint density at radius 2 is 1.72 bits per heavy atom. The molecule has 2 aliphatic heterocycles. The molecular formula is C32H48N6O9. The number of ether oxygens (including phenoxy) is 1. The van der Waals surface area contributed by atoms with E-state index in [1.807, 2.05) is 18.2 Å². The number of Topliss-reactive ketones (excluding diaryl/α,β-unsaturated/α-hetero) is 1. The van der Waals surface area contributed by atoms with E-state index in [0.717, 1.165) is 15.5 Å². The normalized spacial score (nSPS) is 21.5. The molecule has 260 valence electrons. The van der Waals surface area contributed by atoms with Crippen LogP contribution in [0.3, 0.4) is 0 Å². The van der Waals surface area contributed by atoms with Crippen LogP contribution in [0.2, 0.25) is 0 Å². The summed E-state index contributed by atoms with van der Waals surface area (Å²) in [5, 5.41) is 28.8. The maximum atomic E-state index is 13.9. The molecule has 3 rings (SSSR count). The van der Waals surface area contributed by atoms with Crippen molar-refractivity contribution in [1.29, 1.82) is 0 Å². The van der Waals surface area contributed by atoms with Gasteiger partial charge in [-0.05, 0) is 37.2 Å². The van der Waals surface area contributed by atoms with Gasteiger partial charge in [-0.2, -0.15) is 0 Å². The van der Waals surface area contributed by atoms with E-state index in [-0.39, 0.29) is 38.8 Å². The fourth-order valence-corrected chi connectivity index (χ4v) is 5.91. The first-order valence-corrected chi connectivity index (χ1v) is 16.0. The van der Waals surface area contributed by atoms with Crippen LogP contribution in [0.1, 0.15) is 52.0 Å².